The Hall–Kier alpha value is -3.32. The fourth-order valence-electron chi connectivity index (χ4n) is 4.63. The molecule has 0 unspecified atom stereocenters. The summed E-state index contributed by atoms with van der Waals surface area (Å²) in [6, 6.07) is 4.08. The Bertz CT molecular complexity index is 1040. The number of hydrogen-bond donors (Lipinski definition) is 2. The van der Waals surface area contributed by atoms with Crippen LogP contribution in [0, 0.1) is 33.5 Å². The van der Waals surface area contributed by atoms with Crippen LogP contribution in [0.1, 0.15) is 67.2 Å². The van der Waals surface area contributed by atoms with Gasteiger partial charge in [-0.15, -0.1) is 0 Å². The predicted octanol–water partition coefficient (Wildman–Crippen LogP) is 4.37. The van der Waals surface area contributed by atoms with Crippen LogP contribution in [-0.4, -0.2) is 31.4 Å². The maximum atomic E-state index is 12.2. The molecule has 2 aliphatic carbocycles. The van der Waals surface area contributed by atoms with Crippen molar-refractivity contribution in [3.63, 3.8) is 0 Å². The number of allylic oxidation sites excluding steroid dienone is 7. The van der Waals surface area contributed by atoms with E-state index in [1.54, 1.807) is 6.92 Å². The lowest BCUT2D eigenvalue weighted by atomic mass is 9.75. The van der Waals surface area contributed by atoms with Gasteiger partial charge in [0, 0.05) is 24.5 Å². The number of carbonyl (C=O) groups excluding carboxylic acids is 2. The smallest absolute Gasteiger partial charge is 0.349 e. The fourth-order valence-corrected chi connectivity index (χ4v) is 4.63. The standard InChI is InChI=1S/C27H36N4O3/c1-7-34-25(33)24(17-29)20-11-22(15-27(5,6)13-20)31-9-8-30-21-10-19(12-26(3,4)14-21)23(16-28)18(2)32/h10-11,30-31H,7-9,12-15H2,1-6H3/b23-19+,24-20+. The minimum Gasteiger partial charge on any atom is -0.462 e. The van der Waals surface area contributed by atoms with Crippen LogP contribution in [0.2, 0.25) is 0 Å². The molecule has 2 rings (SSSR count). The number of Topliss-reactive ketones (excluding diaryl/α,β-unsaturated/α-hetero) is 1. The van der Waals surface area contributed by atoms with Crippen molar-refractivity contribution >= 4 is 11.8 Å². The Morgan fingerprint density at radius 3 is 1.71 bits per heavy atom. The monoisotopic (exact) mass is 464 g/mol. The van der Waals surface area contributed by atoms with Gasteiger partial charge < -0.3 is 15.4 Å². The number of nitrogens with zero attached hydrogens (tertiary/aromatic N) is 2. The third-order valence-corrected chi connectivity index (χ3v) is 5.90. The van der Waals surface area contributed by atoms with E-state index in [1.807, 2.05) is 18.2 Å². The van der Waals surface area contributed by atoms with E-state index >= 15 is 0 Å². The van der Waals surface area contributed by atoms with Crippen molar-refractivity contribution in [1.29, 1.82) is 10.5 Å². The van der Waals surface area contributed by atoms with E-state index in [9.17, 15) is 20.1 Å². The van der Waals surface area contributed by atoms with Gasteiger partial charge in [0.15, 0.2) is 5.78 Å². The highest BCUT2D eigenvalue weighted by molar-refractivity contribution is 5.98. The number of nitrogens with one attached hydrogen (secondary N) is 2. The molecule has 0 amide bonds. The summed E-state index contributed by atoms with van der Waals surface area (Å²) >= 11 is 0. The van der Waals surface area contributed by atoms with Gasteiger partial charge >= 0.3 is 5.97 Å². The highest BCUT2D eigenvalue weighted by atomic mass is 16.5. The molecule has 7 nitrogen and oxygen atoms in total. The number of carbonyl (C=O) groups is 2. The first kappa shape index (κ1) is 26.9. The normalized spacial score (nSPS) is 21.6. The molecule has 0 atom stereocenters. The topological polar surface area (TPSA) is 115 Å². The lowest BCUT2D eigenvalue weighted by Crippen LogP contribution is -2.32. The molecule has 0 aromatic heterocycles. The van der Waals surface area contributed by atoms with Crippen molar-refractivity contribution < 1.29 is 14.3 Å². The SMILES string of the molecule is CCOC(=O)/C(C#N)=C1\C=C(NCCNC2=C/C(=C(/C#N)C(C)=O)CC(C)(C)C2)CC(C)(C)C1. The number of esters is 1. The summed E-state index contributed by atoms with van der Waals surface area (Å²) in [5.74, 6) is -0.782. The maximum Gasteiger partial charge on any atom is 0.349 e. The zero-order chi connectivity index (χ0) is 25.5. The molecule has 2 N–H and O–H groups in total. The molecular weight excluding hydrogens is 428 g/mol. The molecule has 2 aliphatic rings. The summed E-state index contributed by atoms with van der Waals surface area (Å²) in [5, 5.41) is 25.8. The van der Waals surface area contributed by atoms with Gasteiger partial charge in [-0.1, -0.05) is 27.7 Å². The van der Waals surface area contributed by atoms with Crippen molar-refractivity contribution in [3.05, 3.63) is 45.8 Å². The Labute approximate surface area is 203 Å². The fraction of sp³-hybridized carbons (Fsp3) is 0.556. The number of ether oxygens (including phenoxy) is 1. The third kappa shape index (κ3) is 7.35. The number of nitriles is 2. The van der Waals surface area contributed by atoms with E-state index in [-0.39, 0.29) is 34.4 Å². The number of hydrogen-bond acceptors (Lipinski definition) is 7. The van der Waals surface area contributed by atoms with E-state index in [0.29, 0.717) is 31.5 Å². The highest BCUT2D eigenvalue weighted by Gasteiger charge is 2.30. The summed E-state index contributed by atoms with van der Waals surface area (Å²) in [7, 11) is 0. The number of ketones is 1. The molecule has 0 aromatic rings. The van der Waals surface area contributed by atoms with E-state index in [1.165, 1.54) is 6.92 Å². The van der Waals surface area contributed by atoms with Crippen molar-refractivity contribution in [1.82, 2.24) is 10.6 Å². The second-order valence-electron chi connectivity index (χ2n) is 10.5. The van der Waals surface area contributed by atoms with Crippen LogP contribution in [-0.2, 0) is 14.3 Å². The quantitative estimate of drug-likeness (QED) is 0.237. The molecule has 0 radical (unpaired) electrons. The molecule has 182 valence electrons. The molecule has 0 aliphatic heterocycles. The minimum absolute atomic E-state index is 0.0478. The molecule has 0 saturated heterocycles. The van der Waals surface area contributed by atoms with Gasteiger partial charge in [-0.2, -0.15) is 10.5 Å². The van der Waals surface area contributed by atoms with Gasteiger partial charge in [0.2, 0.25) is 0 Å². The second-order valence-corrected chi connectivity index (χ2v) is 10.5. The summed E-state index contributed by atoms with van der Waals surface area (Å²) < 4.78 is 5.05. The van der Waals surface area contributed by atoms with Gasteiger partial charge in [-0.3, -0.25) is 4.79 Å². The second kappa shape index (κ2) is 11.2. The lowest BCUT2D eigenvalue weighted by molar-refractivity contribution is -0.138. The predicted molar refractivity (Wildman–Crippen MR) is 131 cm³/mol. The Morgan fingerprint density at radius 2 is 1.32 bits per heavy atom. The minimum atomic E-state index is -0.576. The summed E-state index contributed by atoms with van der Waals surface area (Å²) in [6.45, 7) is 13.2. The molecule has 0 spiro atoms. The van der Waals surface area contributed by atoms with Crippen molar-refractivity contribution in [2.45, 2.75) is 67.2 Å². The molecule has 0 saturated carbocycles. The average molecular weight is 465 g/mol. The van der Waals surface area contributed by atoms with Crippen molar-refractivity contribution in [3.8, 4) is 12.1 Å². The molecule has 0 heterocycles. The molecule has 34 heavy (non-hydrogen) atoms. The van der Waals surface area contributed by atoms with Crippen LogP contribution in [0.25, 0.3) is 0 Å². The van der Waals surface area contributed by atoms with E-state index in [0.717, 1.165) is 29.8 Å². The molecule has 0 bridgehead atoms. The first-order valence-electron chi connectivity index (χ1n) is 11.7. The van der Waals surface area contributed by atoms with Crippen molar-refractivity contribution in [2.24, 2.45) is 10.8 Å². The van der Waals surface area contributed by atoms with Gasteiger partial charge in [-0.25, -0.2) is 4.79 Å². The first-order valence-corrected chi connectivity index (χ1v) is 11.7. The van der Waals surface area contributed by atoms with Gasteiger partial charge in [0.25, 0.3) is 0 Å². The van der Waals surface area contributed by atoms with Crippen LogP contribution in [0.5, 0.6) is 0 Å². The zero-order valence-corrected chi connectivity index (χ0v) is 21.2. The van der Waals surface area contributed by atoms with Gasteiger partial charge in [0.1, 0.15) is 17.7 Å². The molecular formula is C27H36N4O3. The van der Waals surface area contributed by atoms with Crippen LogP contribution < -0.4 is 10.6 Å². The first-order chi connectivity index (χ1) is 15.9. The lowest BCUT2D eigenvalue weighted by Gasteiger charge is -2.33. The third-order valence-electron chi connectivity index (χ3n) is 5.90. The average Bonchev–Trinajstić information content (AvgIpc) is 2.70. The summed E-state index contributed by atoms with van der Waals surface area (Å²) in [6.07, 6.45) is 6.81. The van der Waals surface area contributed by atoms with E-state index < -0.39 is 5.97 Å². The van der Waals surface area contributed by atoms with Crippen LogP contribution >= 0.6 is 0 Å². The van der Waals surface area contributed by atoms with Gasteiger partial charge in [-0.05, 0) is 73.7 Å². The summed E-state index contributed by atoms with van der Waals surface area (Å²) in [4.78, 5) is 24.1. The molecule has 0 fully saturated rings. The van der Waals surface area contributed by atoms with Gasteiger partial charge in [0.05, 0.1) is 12.2 Å². The Morgan fingerprint density at radius 1 is 0.882 bits per heavy atom. The van der Waals surface area contributed by atoms with Crippen molar-refractivity contribution in [2.75, 3.05) is 19.7 Å². The van der Waals surface area contributed by atoms with E-state index in [4.69, 9.17) is 4.74 Å². The molecule has 0 aromatic carbocycles. The Kier molecular flexibility index (Phi) is 8.87. The highest BCUT2D eigenvalue weighted by Crippen LogP contribution is 2.39. The van der Waals surface area contributed by atoms with Crippen LogP contribution in [0.15, 0.2) is 45.8 Å². The summed E-state index contributed by atoms with van der Waals surface area (Å²) in [5.41, 5.74) is 3.64. The van der Waals surface area contributed by atoms with Crippen LogP contribution in [0.3, 0.4) is 0 Å². The zero-order valence-electron chi connectivity index (χ0n) is 21.2. The molecule has 7 heteroatoms. The maximum absolute atomic E-state index is 12.2. The Balaban J connectivity index is 2.12. The largest absolute Gasteiger partial charge is 0.462 e. The van der Waals surface area contributed by atoms with E-state index in [2.05, 4.69) is 44.4 Å². The van der Waals surface area contributed by atoms with Crippen LogP contribution in [0.4, 0.5) is 0 Å². The number of rotatable bonds is 8.